The average Bonchev–Trinajstić information content (AvgIpc) is 2.33. The van der Waals surface area contributed by atoms with Crippen LogP contribution < -0.4 is 0 Å². The van der Waals surface area contributed by atoms with Crippen LogP contribution in [0.4, 0.5) is 0 Å². The van der Waals surface area contributed by atoms with Gasteiger partial charge in [-0.3, -0.25) is 0 Å². The van der Waals surface area contributed by atoms with Crippen molar-refractivity contribution in [1.29, 1.82) is 0 Å². The first-order valence-electron chi connectivity index (χ1n) is 2.68. The Kier molecular flexibility index (Phi) is 1.07. The lowest BCUT2D eigenvalue weighted by molar-refractivity contribution is 0.939. The van der Waals surface area contributed by atoms with Crippen molar-refractivity contribution in [3.8, 4) is 0 Å². The van der Waals surface area contributed by atoms with Crippen molar-refractivity contribution in [2.24, 2.45) is 0 Å². The molecule has 0 saturated heterocycles. The molecule has 0 bridgehead atoms. The lowest BCUT2D eigenvalue weighted by atomic mass is 10.7. The van der Waals surface area contributed by atoms with E-state index in [2.05, 4.69) is 15.1 Å². The van der Waals surface area contributed by atoms with E-state index in [1.165, 1.54) is 6.33 Å². The Morgan fingerprint density at radius 1 is 1.50 bits per heavy atom. The topological polar surface area (TPSA) is 43.1 Å². The summed E-state index contributed by atoms with van der Waals surface area (Å²) in [5, 5.41) is 4.28. The van der Waals surface area contributed by atoms with Crippen LogP contribution in [0.5, 0.6) is 0 Å². The third kappa shape index (κ3) is 0.733. The summed E-state index contributed by atoms with van der Waals surface area (Å²) < 4.78 is 1.55. The van der Waals surface area contributed by atoms with Crippen LogP contribution in [0.3, 0.4) is 0 Å². The van der Waals surface area contributed by atoms with E-state index in [9.17, 15) is 0 Å². The van der Waals surface area contributed by atoms with E-state index in [4.69, 9.17) is 11.6 Å². The minimum atomic E-state index is 0.431. The Bertz CT molecular complexity index is 355. The lowest BCUT2D eigenvalue weighted by Crippen LogP contribution is -1.88. The predicted molar refractivity (Wildman–Crippen MR) is 35.8 cm³/mol. The van der Waals surface area contributed by atoms with Gasteiger partial charge in [-0.05, 0) is 6.07 Å². The van der Waals surface area contributed by atoms with Crippen molar-refractivity contribution in [1.82, 2.24) is 19.6 Å². The van der Waals surface area contributed by atoms with E-state index in [1.807, 2.05) is 0 Å². The number of aromatic nitrogens is 4. The molecule has 0 aliphatic rings. The van der Waals surface area contributed by atoms with Gasteiger partial charge in [0.2, 0.25) is 0 Å². The van der Waals surface area contributed by atoms with Gasteiger partial charge in [-0.1, -0.05) is 11.6 Å². The molecule has 2 rings (SSSR count). The van der Waals surface area contributed by atoms with Crippen molar-refractivity contribution >= 4 is 17.4 Å². The van der Waals surface area contributed by atoms with Gasteiger partial charge in [0.1, 0.15) is 11.5 Å². The second-order valence-electron chi connectivity index (χ2n) is 1.75. The van der Waals surface area contributed by atoms with Gasteiger partial charge in [0.25, 0.3) is 5.78 Å². The largest absolute Gasteiger partial charge is 0.253 e. The van der Waals surface area contributed by atoms with E-state index < -0.39 is 0 Å². The third-order valence-electron chi connectivity index (χ3n) is 1.11. The van der Waals surface area contributed by atoms with E-state index in [0.717, 1.165) is 0 Å². The van der Waals surface area contributed by atoms with E-state index in [1.54, 1.807) is 16.8 Å². The first-order valence-corrected chi connectivity index (χ1v) is 3.06. The van der Waals surface area contributed by atoms with E-state index >= 15 is 0 Å². The van der Waals surface area contributed by atoms with Crippen LogP contribution in [-0.4, -0.2) is 19.6 Å². The van der Waals surface area contributed by atoms with Crippen LogP contribution >= 0.6 is 11.6 Å². The van der Waals surface area contributed by atoms with Crippen LogP contribution in [0.2, 0.25) is 5.15 Å². The molecular formula is C5H3ClN4. The molecule has 0 aliphatic carbocycles. The second kappa shape index (κ2) is 1.91. The molecule has 0 spiro atoms. The number of rotatable bonds is 0. The highest BCUT2D eigenvalue weighted by atomic mass is 35.5. The smallest absolute Gasteiger partial charge is 0.205 e. The number of halogens is 1. The zero-order chi connectivity index (χ0) is 6.97. The van der Waals surface area contributed by atoms with Crippen molar-refractivity contribution in [3.63, 3.8) is 0 Å². The highest BCUT2D eigenvalue weighted by molar-refractivity contribution is 6.29. The second-order valence-corrected chi connectivity index (χ2v) is 2.14. The minimum Gasteiger partial charge on any atom is -0.205 e. The molecule has 2 aromatic rings. The number of hydrogen-bond acceptors (Lipinski definition) is 3. The van der Waals surface area contributed by atoms with Crippen molar-refractivity contribution in [3.05, 3.63) is 23.7 Å². The van der Waals surface area contributed by atoms with E-state index in [-0.39, 0.29) is 0 Å². The maximum Gasteiger partial charge on any atom is 0.253 e. The molecule has 0 amide bonds. The fourth-order valence-corrected chi connectivity index (χ4v) is 0.826. The van der Waals surface area contributed by atoms with Gasteiger partial charge in [0.05, 0.1) is 0 Å². The zero-order valence-corrected chi connectivity index (χ0v) is 5.65. The Hall–Kier alpha value is -1.16. The van der Waals surface area contributed by atoms with Crippen LogP contribution in [0.15, 0.2) is 18.6 Å². The molecule has 10 heavy (non-hydrogen) atoms. The monoisotopic (exact) mass is 154 g/mol. The molecule has 0 atom stereocenters. The number of hydrogen-bond donors (Lipinski definition) is 0. The number of nitrogens with zero attached hydrogens (tertiary/aromatic N) is 4. The van der Waals surface area contributed by atoms with Gasteiger partial charge in [-0.2, -0.15) is 15.1 Å². The van der Waals surface area contributed by atoms with Crippen molar-refractivity contribution in [2.75, 3.05) is 0 Å². The molecule has 5 heteroatoms. The number of fused-ring (bicyclic) bond motifs is 1. The Balaban J connectivity index is 2.86. The molecule has 0 N–H and O–H groups in total. The Morgan fingerprint density at radius 2 is 2.40 bits per heavy atom. The molecular weight excluding hydrogens is 152 g/mol. The fourth-order valence-electron chi connectivity index (χ4n) is 0.694. The molecule has 0 unspecified atom stereocenters. The normalized spacial score (nSPS) is 10.5. The Morgan fingerprint density at radius 3 is 3.30 bits per heavy atom. The molecule has 2 aromatic heterocycles. The average molecular weight is 155 g/mol. The standard InChI is InChI=1S/C5H3ClN4/c6-4-1-2-10-5(9-4)7-3-8-10/h1-3H. The van der Waals surface area contributed by atoms with Crippen LogP contribution in [0, 0.1) is 0 Å². The first kappa shape index (κ1) is 5.61. The maximum atomic E-state index is 5.58. The summed E-state index contributed by atoms with van der Waals surface area (Å²) in [5.74, 6) is 0.521. The summed E-state index contributed by atoms with van der Waals surface area (Å²) in [6.45, 7) is 0. The summed E-state index contributed by atoms with van der Waals surface area (Å²) in [5.41, 5.74) is 0. The van der Waals surface area contributed by atoms with E-state index in [0.29, 0.717) is 10.9 Å². The first-order chi connectivity index (χ1) is 4.86. The van der Waals surface area contributed by atoms with Crippen LogP contribution in [-0.2, 0) is 0 Å². The molecule has 0 saturated carbocycles. The van der Waals surface area contributed by atoms with Gasteiger partial charge < -0.3 is 0 Å². The summed E-state index contributed by atoms with van der Waals surface area (Å²) in [4.78, 5) is 7.73. The molecule has 0 aromatic carbocycles. The maximum absolute atomic E-state index is 5.58. The van der Waals surface area contributed by atoms with Crippen LogP contribution in [0.25, 0.3) is 5.78 Å². The minimum absolute atomic E-state index is 0.431. The molecule has 4 nitrogen and oxygen atoms in total. The zero-order valence-electron chi connectivity index (χ0n) is 4.90. The van der Waals surface area contributed by atoms with Gasteiger partial charge in [0.15, 0.2) is 0 Å². The van der Waals surface area contributed by atoms with Crippen molar-refractivity contribution < 1.29 is 0 Å². The lowest BCUT2D eigenvalue weighted by Gasteiger charge is -1.88. The highest BCUT2D eigenvalue weighted by Crippen LogP contribution is 2.02. The molecule has 0 aliphatic heterocycles. The molecule has 0 radical (unpaired) electrons. The Labute approximate surface area is 61.5 Å². The molecule has 2 heterocycles. The molecule has 50 valence electrons. The summed E-state index contributed by atoms with van der Waals surface area (Å²) in [6.07, 6.45) is 3.14. The van der Waals surface area contributed by atoms with Gasteiger partial charge >= 0.3 is 0 Å². The summed E-state index contributed by atoms with van der Waals surface area (Å²) in [6, 6.07) is 1.66. The molecule has 0 fully saturated rings. The highest BCUT2D eigenvalue weighted by Gasteiger charge is 1.94. The van der Waals surface area contributed by atoms with Gasteiger partial charge in [-0.25, -0.2) is 4.52 Å². The van der Waals surface area contributed by atoms with Gasteiger partial charge in [-0.15, -0.1) is 0 Å². The van der Waals surface area contributed by atoms with Gasteiger partial charge in [0, 0.05) is 6.20 Å². The third-order valence-corrected chi connectivity index (χ3v) is 1.32. The predicted octanol–water partition coefficient (Wildman–Crippen LogP) is 0.778. The summed E-state index contributed by atoms with van der Waals surface area (Å²) in [7, 11) is 0. The van der Waals surface area contributed by atoms with Crippen molar-refractivity contribution in [2.45, 2.75) is 0 Å². The quantitative estimate of drug-likeness (QED) is 0.527. The summed E-state index contributed by atoms with van der Waals surface area (Å²) >= 11 is 5.58. The van der Waals surface area contributed by atoms with Crippen LogP contribution in [0.1, 0.15) is 0 Å². The fraction of sp³-hybridized carbons (Fsp3) is 0. The SMILES string of the molecule is Clc1ccn2ncnc2n1.